The first kappa shape index (κ1) is 15.4. The summed E-state index contributed by atoms with van der Waals surface area (Å²) >= 11 is 0. The Morgan fingerprint density at radius 1 is 1.24 bits per heavy atom. The lowest BCUT2D eigenvalue weighted by Crippen LogP contribution is -2.58. The summed E-state index contributed by atoms with van der Waals surface area (Å²) in [7, 11) is 1.34. The standard InChI is InChI=1S/C16H21NO4/c1-16(14(18)20-2)10-6-7-11-17(16)15(19)21-12-13-8-4-3-5-9-13/h3-5,8-9H,6-7,10-12H2,1-2H3. The fourth-order valence-corrected chi connectivity index (χ4v) is 2.64. The molecule has 1 aliphatic rings. The van der Waals surface area contributed by atoms with Crippen molar-refractivity contribution in [2.24, 2.45) is 0 Å². The van der Waals surface area contributed by atoms with Crippen molar-refractivity contribution in [2.75, 3.05) is 13.7 Å². The topological polar surface area (TPSA) is 55.8 Å². The first-order chi connectivity index (χ1) is 10.1. The lowest BCUT2D eigenvalue weighted by molar-refractivity contribution is -0.155. The summed E-state index contributed by atoms with van der Waals surface area (Å²) in [6.07, 6.45) is 1.90. The van der Waals surface area contributed by atoms with E-state index in [-0.39, 0.29) is 12.6 Å². The second-order valence-corrected chi connectivity index (χ2v) is 5.41. The molecule has 1 aromatic rings. The molecule has 0 N–H and O–H groups in total. The number of piperidine rings is 1. The zero-order chi connectivity index (χ0) is 15.3. The molecule has 114 valence electrons. The highest BCUT2D eigenvalue weighted by Crippen LogP contribution is 2.29. The zero-order valence-corrected chi connectivity index (χ0v) is 12.5. The molecular formula is C16H21NO4. The summed E-state index contributed by atoms with van der Waals surface area (Å²) in [5, 5.41) is 0. The number of methoxy groups -OCH3 is 1. The highest BCUT2D eigenvalue weighted by atomic mass is 16.6. The fraction of sp³-hybridized carbons (Fsp3) is 0.500. The maximum absolute atomic E-state index is 12.3. The largest absolute Gasteiger partial charge is 0.467 e. The van der Waals surface area contributed by atoms with E-state index in [1.54, 1.807) is 6.92 Å². The van der Waals surface area contributed by atoms with Crippen molar-refractivity contribution in [1.29, 1.82) is 0 Å². The minimum absolute atomic E-state index is 0.202. The third-order valence-electron chi connectivity index (χ3n) is 3.94. The average Bonchev–Trinajstić information content (AvgIpc) is 2.53. The zero-order valence-electron chi connectivity index (χ0n) is 12.5. The Labute approximate surface area is 124 Å². The third-order valence-corrected chi connectivity index (χ3v) is 3.94. The van der Waals surface area contributed by atoms with Gasteiger partial charge in [-0.05, 0) is 31.7 Å². The first-order valence-electron chi connectivity index (χ1n) is 7.14. The van der Waals surface area contributed by atoms with Crippen LogP contribution in [-0.2, 0) is 20.9 Å². The molecule has 21 heavy (non-hydrogen) atoms. The average molecular weight is 291 g/mol. The van der Waals surface area contributed by atoms with Gasteiger partial charge < -0.3 is 9.47 Å². The molecule has 1 amide bonds. The Hall–Kier alpha value is -2.04. The van der Waals surface area contributed by atoms with Gasteiger partial charge in [-0.2, -0.15) is 0 Å². The summed E-state index contributed by atoms with van der Waals surface area (Å²) in [5.74, 6) is -0.390. The van der Waals surface area contributed by atoms with Crippen molar-refractivity contribution in [3.63, 3.8) is 0 Å². The number of carbonyl (C=O) groups excluding carboxylic acids is 2. The van der Waals surface area contributed by atoms with Crippen molar-refractivity contribution < 1.29 is 19.1 Å². The predicted octanol–water partition coefficient (Wildman–Crippen LogP) is 2.74. The van der Waals surface area contributed by atoms with Gasteiger partial charge in [0, 0.05) is 6.54 Å². The van der Waals surface area contributed by atoms with Crippen molar-refractivity contribution in [3.8, 4) is 0 Å². The second kappa shape index (κ2) is 6.61. The molecule has 5 nitrogen and oxygen atoms in total. The number of rotatable bonds is 3. The minimum Gasteiger partial charge on any atom is -0.467 e. The highest BCUT2D eigenvalue weighted by Gasteiger charge is 2.45. The number of likely N-dealkylation sites (tertiary alicyclic amines) is 1. The van der Waals surface area contributed by atoms with E-state index in [0.717, 1.165) is 18.4 Å². The van der Waals surface area contributed by atoms with Gasteiger partial charge in [-0.3, -0.25) is 4.90 Å². The lowest BCUT2D eigenvalue weighted by Gasteiger charge is -2.41. The summed E-state index contributed by atoms with van der Waals surface area (Å²) in [5.41, 5.74) is -0.0107. The Kier molecular flexibility index (Phi) is 4.83. The monoisotopic (exact) mass is 291 g/mol. The van der Waals surface area contributed by atoms with Crippen LogP contribution in [0.15, 0.2) is 30.3 Å². The number of benzene rings is 1. The van der Waals surface area contributed by atoms with Gasteiger partial charge >= 0.3 is 12.1 Å². The van der Waals surface area contributed by atoms with Crippen molar-refractivity contribution >= 4 is 12.1 Å². The van der Waals surface area contributed by atoms with E-state index >= 15 is 0 Å². The van der Waals surface area contributed by atoms with E-state index in [9.17, 15) is 9.59 Å². The Morgan fingerprint density at radius 2 is 1.95 bits per heavy atom. The van der Waals surface area contributed by atoms with Crippen LogP contribution in [0.2, 0.25) is 0 Å². The lowest BCUT2D eigenvalue weighted by atomic mass is 9.89. The van der Waals surface area contributed by atoms with Crippen LogP contribution in [0.5, 0.6) is 0 Å². The molecule has 0 radical (unpaired) electrons. The quantitative estimate of drug-likeness (QED) is 0.804. The van der Waals surface area contributed by atoms with Crippen LogP contribution in [0, 0.1) is 0 Å². The maximum Gasteiger partial charge on any atom is 0.411 e. The van der Waals surface area contributed by atoms with Gasteiger partial charge in [0.1, 0.15) is 12.1 Å². The Morgan fingerprint density at radius 3 is 2.62 bits per heavy atom. The van der Waals surface area contributed by atoms with Gasteiger partial charge in [0.05, 0.1) is 7.11 Å². The van der Waals surface area contributed by atoms with Crippen LogP contribution in [0.1, 0.15) is 31.7 Å². The molecule has 2 rings (SSSR count). The number of esters is 1. The van der Waals surface area contributed by atoms with Gasteiger partial charge in [-0.25, -0.2) is 9.59 Å². The van der Waals surface area contributed by atoms with Crippen LogP contribution >= 0.6 is 0 Å². The number of amides is 1. The molecule has 0 aliphatic carbocycles. The molecule has 1 aromatic carbocycles. The van der Waals surface area contributed by atoms with E-state index in [4.69, 9.17) is 9.47 Å². The van der Waals surface area contributed by atoms with Crippen LogP contribution in [0.4, 0.5) is 4.79 Å². The van der Waals surface area contributed by atoms with E-state index in [1.165, 1.54) is 12.0 Å². The summed E-state index contributed by atoms with van der Waals surface area (Å²) in [6.45, 7) is 2.45. The summed E-state index contributed by atoms with van der Waals surface area (Å²) in [4.78, 5) is 25.8. The molecule has 0 saturated carbocycles. The number of ether oxygens (including phenoxy) is 2. The molecule has 0 spiro atoms. The highest BCUT2D eigenvalue weighted by molar-refractivity contribution is 5.85. The molecule has 1 saturated heterocycles. The molecule has 0 bridgehead atoms. The van der Waals surface area contributed by atoms with Crippen molar-refractivity contribution in [1.82, 2.24) is 4.90 Å². The number of hydrogen-bond acceptors (Lipinski definition) is 4. The van der Waals surface area contributed by atoms with Gasteiger partial charge in [0.2, 0.25) is 0 Å². The van der Waals surface area contributed by atoms with Gasteiger partial charge in [0.15, 0.2) is 0 Å². The Balaban J connectivity index is 2.03. The van der Waals surface area contributed by atoms with Crippen LogP contribution in [0.3, 0.4) is 0 Å². The summed E-state index contributed by atoms with van der Waals surface area (Å²) in [6, 6.07) is 9.47. The molecule has 5 heteroatoms. The molecule has 0 aromatic heterocycles. The smallest absolute Gasteiger partial charge is 0.411 e. The maximum atomic E-state index is 12.3. The van der Waals surface area contributed by atoms with Crippen LogP contribution in [0.25, 0.3) is 0 Å². The van der Waals surface area contributed by atoms with Gasteiger partial charge in [-0.15, -0.1) is 0 Å². The molecule has 1 atom stereocenters. The molecular weight excluding hydrogens is 270 g/mol. The van der Waals surface area contributed by atoms with Gasteiger partial charge in [0.25, 0.3) is 0 Å². The minimum atomic E-state index is -0.930. The van der Waals surface area contributed by atoms with Gasteiger partial charge in [-0.1, -0.05) is 30.3 Å². The normalized spacial score (nSPS) is 21.7. The fourth-order valence-electron chi connectivity index (χ4n) is 2.64. The third kappa shape index (κ3) is 3.35. The van der Waals surface area contributed by atoms with E-state index in [0.29, 0.717) is 13.0 Å². The molecule has 1 aliphatic heterocycles. The molecule has 1 fully saturated rings. The van der Waals surface area contributed by atoms with E-state index in [1.807, 2.05) is 30.3 Å². The number of carbonyl (C=O) groups is 2. The number of nitrogens with zero attached hydrogens (tertiary/aromatic N) is 1. The van der Waals surface area contributed by atoms with E-state index in [2.05, 4.69) is 0 Å². The van der Waals surface area contributed by atoms with Crippen LogP contribution in [-0.4, -0.2) is 36.2 Å². The predicted molar refractivity (Wildman–Crippen MR) is 77.6 cm³/mol. The number of hydrogen-bond donors (Lipinski definition) is 0. The summed E-state index contributed by atoms with van der Waals surface area (Å²) < 4.78 is 10.2. The Bertz CT molecular complexity index is 502. The SMILES string of the molecule is COC(=O)C1(C)CCCCN1C(=O)OCc1ccccc1. The van der Waals surface area contributed by atoms with Crippen molar-refractivity contribution in [2.45, 2.75) is 38.3 Å². The van der Waals surface area contributed by atoms with Crippen molar-refractivity contribution in [3.05, 3.63) is 35.9 Å². The second-order valence-electron chi connectivity index (χ2n) is 5.41. The van der Waals surface area contributed by atoms with Crippen LogP contribution < -0.4 is 0 Å². The molecule has 1 unspecified atom stereocenters. The first-order valence-corrected chi connectivity index (χ1v) is 7.14. The van der Waals surface area contributed by atoms with E-state index < -0.39 is 11.6 Å². The molecule has 1 heterocycles.